The monoisotopic (exact) mass is 259 g/mol. The van der Waals surface area contributed by atoms with Gasteiger partial charge in [-0.05, 0) is 24.4 Å². The molecule has 1 atom stereocenters. The van der Waals surface area contributed by atoms with E-state index in [9.17, 15) is 0 Å². The van der Waals surface area contributed by atoms with Crippen LogP contribution in [0.5, 0.6) is 5.75 Å². The van der Waals surface area contributed by atoms with Crippen molar-refractivity contribution in [1.82, 2.24) is 4.37 Å². The molecule has 0 fully saturated rings. The molecular formula is C11H21N3O2S. The van der Waals surface area contributed by atoms with Gasteiger partial charge in [-0.3, -0.25) is 0 Å². The Morgan fingerprint density at radius 3 is 2.71 bits per heavy atom. The van der Waals surface area contributed by atoms with Crippen LogP contribution in [0.3, 0.4) is 0 Å². The molecule has 0 spiro atoms. The SMILES string of the molecule is CCOCC(Nc1snc(N)c1OC)C(C)C. The summed E-state index contributed by atoms with van der Waals surface area (Å²) in [5, 5.41) is 4.24. The first-order valence-corrected chi connectivity index (χ1v) is 6.50. The zero-order chi connectivity index (χ0) is 12.8. The van der Waals surface area contributed by atoms with Gasteiger partial charge in [-0.15, -0.1) is 0 Å². The Bertz CT molecular complexity index is 341. The summed E-state index contributed by atoms with van der Waals surface area (Å²) < 4.78 is 14.8. The number of aromatic nitrogens is 1. The number of nitrogens with zero attached hydrogens (tertiary/aromatic N) is 1. The van der Waals surface area contributed by atoms with Crippen molar-refractivity contribution in [3.05, 3.63) is 0 Å². The van der Waals surface area contributed by atoms with Gasteiger partial charge in [-0.2, -0.15) is 4.37 Å². The van der Waals surface area contributed by atoms with E-state index in [0.29, 0.717) is 30.7 Å². The van der Waals surface area contributed by atoms with Gasteiger partial charge in [-0.25, -0.2) is 0 Å². The van der Waals surface area contributed by atoms with Crippen LogP contribution in [0.15, 0.2) is 0 Å². The average molecular weight is 259 g/mol. The molecule has 0 aliphatic rings. The maximum absolute atomic E-state index is 5.71. The lowest BCUT2D eigenvalue weighted by atomic mass is 10.1. The molecule has 1 unspecified atom stereocenters. The average Bonchev–Trinajstić information content (AvgIpc) is 2.64. The number of nitrogens with two attached hydrogens (primary N) is 1. The quantitative estimate of drug-likeness (QED) is 0.785. The fraction of sp³-hybridized carbons (Fsp3) is 0.727. The summed E-state index contributed by atoms with van der Waals surface area (Å²) in [6.07, 6.45) is 0. The van der Waals surface area contributed by atoms with Crippen molar-refractivity contribution in [2.75, 3.05) is 31.4 Å². The van der Waals surface area contributed by atoms with E-state index >= 15 is 0 Å². The number of methoxy groups -OCH3 is 1. The molecule has 0 bridgehead atoms. The van der Waals surface area contributed by atoms with Gasteiger partial charge >= 0.3 is 0 Å². The van der Waals surface area contributed by atoms with Crippen LogP contribution in [0.25, 0.3) is 0 Å². The highest BCUT2D eigenvalue weighted by Gasteiger charge is 2.18. The van der Waals surface area contributed by atoms with Crippen molar-refractivity contribution in [1.29, 1.82) is 0 Å². The number of nitrogen functional groups attached to an aromatic ring is 1. The number of hydrogen-bond acceptors (Lipinski definition) is 6. The molecule has 1 aromatic heterocycles. The summed E-state index contributed by atoms with van der Waals surface area (Å²) in [5.74, 6) is 1.51. The molecule has 0 aliphatic carbocycles. The number of ether oxygens (including phenoxy) is 2. The molecule has 3 N–H and O–H groups in total. The zero-order valence-corrected chi connectivity index (χ0v) is 11.6. The van der Waals surface area contributed by atoms with Gasteiger partial charge in [0.1, 0.15) is 0 Å². The van der Waals surface area contributed by atoms with Gasteiger partial charge in [0, 0.05) is 6.61 Å². The maximum atomic E-state index is 5.71. The number of anilines is 2. The topological polar surface area (TPSA) is 69.4 Å². The normalized spacial score (nSPS) is 12.8. The molecule has 17 heavy (non-hydrogen) atoms. The highest BCUT2D eigenvalue weighted by Crippen LogP contribution is 2.35. The van der Waals surface area contributed by atoms with Crippen molar-refractivity contribution in [3.63, 3.8) is 0 Å². The Hall–Kier alpha value is -1.01. The Morgan fingerprint density at radius 1 is 1.47 bits per heavy atom. The van der Waals surface area contributed by atoms with E-state index in [1.54, 1.807) is 7.11 Å². The fourth-order valence-electron chi connectivity index (χ4n) is 1.40. The van der Waals surface area contributed by atoms with Crippen LogP contribution >= 0.6 is 11.5 Å². The van der Waals surface area contributed by atoms with Crippen molar-refractivity contribution in [2.24, 2.45) is 5.92 Å². The highest BCUT2D eigenvalue weighted by atomic mass is 32.1. The van der Waals surface area contributed by atoms with E-state index in [1.165, 1.54) is 11.5 Å². The molecule has 6 heteroatoms. The summed E-state index contributed by atoms with van der Waals surface area (Å²) in [7, 11) is 1.60. The van der Waals surface area contributed by atoms with E-state index < -0.39 is 0 Å². The van der Waals surface area contributed by atoms with Crippen molar-refractivity contribution < 1.29 is 9.47 Å². The van der Waals surface area contributed by atoms with Crippen LogP contribution in [0.4, 0.5) is 10.8 Å². The number of rotatable bonds is 7. The molecule has 5 nitrogen and oxygen atoms in total. The first-order chi connectivity index (χ1) is 8.10. The van der Waals surface area contributed by atoms with Gasteiger partial charge in [0.15, 0.2) is 16.6 Å². The van der Waals surface area contributed by atoms with Crippen molar-refractivity contribution in [3.8, 4) is 5.75 Å². The number of nitrogens with one attached hydrogen (secondary N) is 1. The molecular weight excluding hydrogens is 238 g/mol. The molecule has 0 aromatic carbocycles. The van der Waals surface area contributed by atoms with Crippen LogP contribution in [0.1, 0.15) is 20.8 Å². The lowest BCUT2D eigenvalue weighted by Gasteiger charge is -2.22. The predicted octanol–water partition coefficient (Wildman–Crippen LogP) is 2.21. The molecule has 1 rings (SSSR count). The van der Waals surface area contributed by atoms with Gasteiger partial charge in [0.2, 0.25) is 0 Å². The van der Waals surface area contributed by atoms with Gasteiger partial charge in [0.25, 0.3) is 0 Å². The van der Waals surface area contributed by atoms with E-state index in [4.69, 9.17) is 15.2 Å². The zero-order valence-electron chi connectivity index (χ0n) is 10.8. The lowest BCUT2D eigenvalue weighted by molar-refractivity contribution is 0.127. The molecule has 98 valence electrons. The smallest absolute Gasteiger partial charge is 0.197 e. The van der Waals surface area contributed by atoms with Crippen LogP contribution in [0.2, 0.25) is 0 Å². The fourth-order valence-corrected chi connectivity index (χ4v) is 2.14. The molecule has 0 saturated heterocycles. The Morgan fingerprint density at radius 2 is 2.18 bits per heavy atom. The third-order valence-corrected chi connectivity index (χ3v) is 3.27. The second-order valence-corrected chi connectivity index (χ2v) is 4.86. The summed E-state index contributed by atoms with van der Waals surface area (Å²) in [6, 6.07) is 0.226. The van der Waals surface area contributed by atoms with Crippen LogP contribution < -0.4 is 15.8 Å². The van der Waals surface area contributed by atoms with E-state index in [0.717, 1.165) is 5.00 Å². The second-order valence-electron chi connectivity index (χ2n) is 4.08. The molecule has 1 aromatic rings. The third-order valence-electron chi connectivity index (χ3n) is 2.50. The first-order valence-electron chi connectivity index (χ1n) is 5.73. The van der Waals surface area contributed by atoms with E-state index in [1.807, 2.05) is 6.92 Å². The van der Waals surface area contributed by atoms with Gasteiger partial charge in [0.05, 0.1) is 19.8 Å². The van der Waals surface area contributed by atoms with E-state index in [-0.39, 0.29) is 6.04 Å². The predicted molar refractivity (Wildman–Crippen MR) is 71.8 cm³/mol. The Balaban J connectivity index is 2.71. The molecule has 0 saturated carbocycles. The molecule has 0 amide bonds. The Kier molecular flexibility index (Phi) is 5.50. The second kappa shape index (κ2) is 6.66. The molecule has 1 heterocycles. The summed E-state index contributed by atoms with van der Waals surface area (Å²) in [6.45, 7) is 7.66. The van der Waals surface area contributed by atoms with Gasteiger partial charge < -0.3 is 20.5 Å². The van der Waals surface area contributed by atoms with E-state index in [2.05, 4.69) is 23.5 Å². The lowest BCUT2D eigenvalue weighted by Crippen LogP contribution is -2.30. The Labute approximate surface area is 106 Å². The highest BCUT2D eigenvalue weighted by molar-refractivity contribution is 7.11. The molecule has 0 aliphatic heterocycles. The number of hydrogen-bond donors (Lipinski definition) is 2. The minimum atomic E-state index is 0.226. The van der Waals surface area contributed by atoms with Crippen LogP contribution in [-0.4, -0.2) is 30.7 Å². The summed E-state index contributed by atoms with van der Waals surface area (Å²) in [5.41, 5.74) is 5.71. The molecule has 0 radical (unpaired) electrons. The van der Waals surface area contributed by atoms with Crippen LogP contribution in [0, 0.1) is 5.92 Å². The largest absolute Gasteiger partial charge is 0.490 e. The minimum absolute atomic E-state index is 0.226. The van der Waals surface area contributed by atoms with Crippen LogP contribution in [-0.2, 0) is 4.74 Å². The maximum Gasteiger partial charge on any atom is 0.197 e. The summed E-state index contributed by atoms with van der Waals surface area (Å²) in [4.78, 5) is 0. The van der Waals surface area contributed by atoms with Gasteiger partial charge in [-0.1, -0.05) is 13.8 Å². The summed E-state index contributed by atoms with van der Waals surface area (Å²) >= 11 is 1.31. The minimum Gasteiger partial charge on any atom is -0.490 e. The van der Waals surface area contributed by atoms with Crippen molar-refractivity contribution >= 4 is 22.4 Å². The first kappa shape index (κ1) is 14.1. The third kappa shape index (κ3) is 3.74. The standard InChI is InChI=1S/C11H21N3O2S/c1-5-16-6-8(7(2)3)13-11-9(15-4)10(12)14-17-11/h7-8,13H,5-6H2,1-4H3,(H2,12,14). The van der Waals surface area contributed by atoms with Crippen molar-refractivity contribution in [2.45, 2.75) is 26.8 Å².